The first-order valence-electron chi connectivity index (χ1n) is 12.5. The van der Waals surface area contributed by atoms with Gasteiger partial charge in [0.25, 0.3) is 23.6 Å². The molecule has 3 rings (SSSR count). The van der Waals surface area contributed by atoms with E-state index in [9.17, 15) is 41.7 Å². The number of nitrogens with one attached hydrogen (secondary N) is 3. The van der Waals surface area contributed by atoms with Crippen LogP contribution in [0.3, 0.4) is 0 Å². The van der Waals surface area contributed by atoms with Crippen molar-refractivity contribution in [3.05, 3.63) is 34.8 Å². The SMILES string of the molecule is CC(=O)Oc1ccc(C(=O)NNC(=O)C(C)(C)ON=C(C(=O)N[C@@H]2C(=O)N(S(=O)(=O)O)[C@H]2C)c2csc(N)n2)cc1OC(C)=O. The fourth-order valence-electron chi connectivity index (χ4n) is 3.57. The average Bonchev–Trinajstić information content (AvgIpc) is 3.35. The Morgan fingerprint density at radius 3 is 2.24 bits per heavy atom. The highest BCUT2D eigenvalue weighted by atomic mass is 32.2. The third kappa shape index (κ3) is 8.27. The molecule has 1 fully saturated rings. The topological polar surface area (TPSA) is 275 Å². The predicted molar refractivity (Wildman–Crippen MR) is 153 cm³/mol. The second-order valence-electron chi connectivity index (χ2n) is 9.67. The lowest BCUT2D eigenvalue weighted by atomic mass is 10.0. The summed E-state index contributed by atoms with van der Waals surface area (Å²) in [6, 6.07) is 1.05. The summed E-state index contributed by atoms with van der Waals surface area (Å²) in [5.41, 5.74) is 7.28. The van der Waals surface area contributed by atoms with E-state index in [0.717, 1.165) is 31.3 Å². The molecule has 242 valence electrons. The minimum atomic E-state index is -4.85. The van der Waals surface area contributed by atoms with Gasteiger partial charge in [0.15, 0.2) is 22.3 Å². The van der Waals surface area contributed by atoms with Crippen molar-refractivity contribution >= 4 is 68.1 Å². The van der Waals surface area contributed by atoms with E-state index in [0.29, 0.717) is 0 Å². The number of ether oxygens (including phenoxy) is 2. The van der Waals surface area contributed by atoms with E-state index in [1.54, 1.807) is 0 Å². The highest BCUT2D eigenvalue weighted by molar-refractivity contribution is 7.84. The van der Waals surface area contributed by atoms with Gasteiger partial charge in [-0.2, -0.15) is 8.42 Å². The largest absolute Gasteiger partial charge is 0.423 e. The fraction of sp³-hybridized carbons (Fsp3) is 0.333. The van der Waals surface area contributed by atoms with Crippen molar-refractivity contribution in [1.82, 2.24) is 25.5 Å². The molecule has 0 spiro atoms. The van der Waals surface area contributed by atoms with Crippen LogP contribution in [0.25, 0.3) is 0 Å². The Kier molecular flexibility index (Phi) is 10.1. The Balaban J connectivity index is 1.72. The standard InChI is InChI=1S/C24H27N7O12S2/c1-10-17(21(36)31(10)45(38,39)40)27-20(35)18(14-9-44-23(25)26-14)30-43-24(4,5)22(37)29-28-19(34)13-6-7-15(41-11(2)32)16(8-13)42-12(3)33/h6-10,17H,1-5H3,(H2,25,26)(H,27,35)(H,28,34)(H,29,37)(H,38,39,40)/t10-,17-/m0/s1. The number of oxime groups is 1. The van der Waals surface area contributed by atoms with Crippen molar-refractivity contribution in [2.75, 3.05) is 5.73 Å². The van der Waals surface area contributed by atoms with Crippen molar-refractivity contribution in [1.29, 1.82) is 0 Å². The van der Waals surface area contributed by atoms with Gasteiger partial charge < -0.3 is 25.4 Å². The van der Waals surface area contributed by atoms with Gasteiger partial charge >= 0.3 is 22.2 Å². The molecule has 21 heteroatoms. The summed E-state index contributed by atoms with van der Waals surface area (Å²) in [6.07, 6.45) is 0. The molecule has 0 unspecified atom stereocenters. The maximum Gasteiger partial charge on any atom is 0.362 e. The number of amides is 4. The van der Waals surface area contributed by atoms with Gasteiger partial charge in [0, 0.05) is 24.8 Å². The van der Waals surface area contributed by atoms with Crippen LogP contribution < -0.4 is 31.4 Å². The molecule has 2 atom stereocenters. The van der Waals surface area contributed by atoms with Gasteiger partial charge in [-0.15, -0.1) is 11.3 Å². The number of anilines is 1. The van der Waals surface area contributed by atoms with Crippen LogP contribution in [0, 0.1) is 0 Å². The number of esters is 2. The van der Waals surface area contributed by atoms with Crippen molar-refractivity contribution in [2.45, 2.75) is 52.3 Å². The Labute approximate surface area is 258 Å². The third-order valence-corrected chi connectivity index (χ3v) is 7.45. The number of benzene rings is 1. The first kappa shape index (κ1) is 34.3. The Morgan fingerprint density at radius 1 is 1.09 bits per heavy atom. The molecule has 1 aromatic heterocycles. The lowest BCUT2D eigenvalue weighted by Gasteiger charge is -2.42. The molecular weight excluding hydrogens is 642 g/mol. The molecule has 2 heterocycles. The lowest BCUT2D eigenvalue weighted by molar-refractivity contribution is -0.144. The average molecular weight is 670 g/mol. The van der Waals surface area contributed by atoms with Crippen molar-refractivity contribution in [3.8, 4) is 11.5 Å². The zero-order valence-electron chi connectivity index (χ0n) is 24.1. The van der Waals surface area contributed by atoms with Gasteiger partial charge in [0.2, 0.25) is 5.60 Å². The highest BCUT2D eigenvalue weighted by Crippen LogP contribution is 2.29. The van der Waals surface area contributed by atoms with Crippen LogP contribution in [0.4, 0.5) is 5.13 Å². The Hall–Kier alpha value is -5.15. The summed E-state index contributed by atoms with van der Waals surface area (Å²) < 4.78 is 42.0. The third-order valence-electron chi connectivity index (χ3n) is 5.77. The number of rotatable bonds is 10. The molecule has 1 aliphatic heterocycles. The summed E-state index contributed by atoms with van der Waals surface area (Å²) in [5.74, 6) is -5.80. The van der Waals surface area contributed by atoms with Crippen molar-refractivity contribution in [3.63, 3.8) is 0 Å². The van der Waals surface area contributed by atoms with Gasteiger partial charge in [-0.25, -0.2) is 9.29 Å². The van der Waals surface area contributed by atoms with Gasteiger partial charge in [0.1, 0.15) is 11.7 Å². The summed E-state index contributed by atoms with van der Waals surface area (Å²) in [7, 11) is -4.85. The molecule has 0 aliphatic carbocycles. The number of hydrogen-bond donors (Lipinski definition) is 5. The van der Waals surface area contributed by atoms with Crippen LogP contribution in [-0.4, -0.2) is 81.2 Å². The molecule has 19 nitrogen and oxygen atoms in total. The highest BCUT2D eigenvalue weighted by Gasteiger charge is 2.51. The second-order valence-corrected chi connectivity index (χ2v) is 11.9. The van der Waals surface area contributed by atoms with E-state index in [1.165, 1.54) is 38.3 Å². The van der Waals surface area contributed by atoms with Crippen LogP contribution in [0.2, 0.25) is 0 Å². The first-order chi connectivity index (χ1) is 20.8. The molecule has 0 saturated carbocycles. The van der Waals surface area contributed by atoms with E-state index >= 15 is 0 Å². The first-order valence-corrected chi connectivity index (χ1v) is 14.8. The van der Waals surface area contributed by atoms with Gasteiger partial charge in [0.05, 0.1) is 6.04 Å². The van der Waals surface area contributed by atoms with E-state index in [-0.39, 0.29) is 32.2 Å². The minimum Gasteiger partial charge on any atom is -0.423 e. The van der Waals surface area contributed by atoms with E-state index in [4.69, 9.17) is 20.0 Å². The number of hydrazine groups is 1. The normalized spacial score (nSPS) is 16.6. The smallest absolute Gasteiger partial charge is 0.362 e. The van der Waals surface area contributed by atoms with Crippen molar-refractivity contribution < 1.29 is 56.0 Å². The number of thiazole rings is 1. The molecule has 2 aromatic rings. The molecule has 1 saturated heterocycles. The van der Waals surface area contributed by atoms with Gasteiger partial charge in [-0.05, 0) is 39.0 Å². The monoisotopic (exact) mass is 669 g/mol. The number of carbonyl (C=O) groups is 6. The second kappa shape index (κ2) is 13.2. The number of β-lactam (4-membered cyclic amide) rings is 1. The molecule has 45 heavy (non-hydrogen) atoms. The van der Waals surface area contributed by atoms with E-state index in [2.05, 4.69) is 26.3 Å². The molecule has 6 N–H and O–H groups in total. The number of hydrogen-bond acceptors (Lipinski definition) is 15. The Bertz CT molecular complexity index is 1700. The number of carbonyl (C=O) groups excluding carboxylic acids is 6. The summed E-state index contributed by atoms with van der Waals surface area (Å²) >= 11 is 0.934. The molecule has 1 aromatic carbocycles. The molecular formula is C24H27N7O12S2. The number of aromatic nitrogens is 1. The maximum atomic E-state index is 13.0. The van der Waals surface area contributed by atoms with Crippen molar-refractivity contribution in [2.24, 2.45) is 5.16 Å². The molecule has 0 bridgehead atoms. The predicted octanol–water partition coefficient (Wildman–Crippen LogP) is -0.945. The number of nitrogens with zero attached hydrogens (tertiary/aromatic N) is 3. The van der Waals surface area contributed by atoms with Gasteiger partial charge in [-0.1, -0.05) is 5.16 Å². The summed E-state index contributed by atoms with van der Waals surface area (Å²) in [5, 5.41) is 7.36. The summed E-state index contributed by atoms with van der Waals surface area (Å²) in [6.45, 7) is 5.95. The van der Waals surface area contributed by atoms with E-state index in [1.807, 2.05) is 0 Å². The number of nitrogen functional groups attached to an aromatic ring is 1. The fourth-order valence-corrected chi connectivity index (χ4v) is 5.01. The quantitative estimate of drug-likeness (QED) is 0.0510. The van der Waals surface area contributed by atoms with Crippen LogP contribution in [0.5, 0.6) is 11.5 Å². The lowest BCUT2D eigenvalue weighted by Crippen LogP contribution is -2.71. The zero-order chi connectivity index (χ0) is 33.9. The van der Waals surface area contributed by atoms with Crippen LogP contribution >= 0.6 is 11.3 Å². The molecule has 0 radical (unpaired) electrons. The van der Waals surface area contributed by atoms with Gasteiger partial charge in [-0.3, -0.25) is 44.2 Å². The van der Waals surface area contributed by atoms with E-state index < -0.39 is 69.3 Å². The molecule has 1 aliphatic rings. The van der Waals surface area contributed by atoms with Crippen LogP contribution in [0.15, 0.2) is 28.7 Å². The minimum absolute atomic E-state index is 0.0357. The number of nitrogens with two attached hydrogens (primary N) is 1. The van der Waals surface area contributed by atoms with Crippen LogP contribution in [-0.2, 0) is 39.1 Å². The molecule has 4 amide bonds. The summed E-state index contributed by atoms with van der Waals surface area (Å²) in [4.78, 5) is 82.7. The zero-order valence-corrected chi connectivity index (χ0v) is 25.8. The van der Waals surface area contributed by atoms with Crippen LogP contribution in [0.1, 0.15) is 50.7 Å². The Morgan fingerprint density at radius 2 is 1.71 bits per heavy atom. The maximum absolute atomic E-state index is 13.0.